The van der Waals surface area contributed by atoms with E-state index in [-0.39, 0.29) is 11.3 Å². The van der Waals surface area contributed by atoms with Crippen LogP contribution in [0.25, 0.3) is 11.1 Å². The van der Waals surface area contributed by atoms with E-state index in [9.17, 15) is 59.9 Å². The number of carboxylic acids is 1. The van der Waals surface area contributed by atoms with Crippen molar-refractivity contribution in [2.24, 2.45) is 0 Å². The van der Waals surface area contributed by atoms with Crippen LogP contribution in [0.2, 0.25) is 0 Å². The van der Waals surface area contributed by atoms with Gasteiger partial charge in [-0.2, -0.15) is 0 Å². The molecule has 17 heteroatoms. The van der Waals surface area contributed by atoms with Gasteiger partial charge in [0.2, 0.25) is 0 Å². The van der Waals surface area contributed by atoms with E-state index in [1.165, 1.54) is 23.1 Å². The van der Waals surface area contributed by atoms with Crippen LogP contribution in [-0.2, 0) is 28.5 Å². The van der Waals surface area contributed by atoms with Crippen molar-refractivity contribution in [2.75, 3.05) is 18.1 Å². The third kappa shape index (κ3) is 7.94. The first-order valence-electron chi connectivity index (χ1n) is 18.4. The number of aromatic hydroxyl groups is 1. The van der Waals surface area contributed by atoms with Gasteiger partial charge in [-0.1, -0.05) is 66.7 Å². The van der Waals surface area contributed by atoms with E-state index >= 15 is 0 Å². The minimum absolute atomic E-state index is 0.195. The molecule has 7 rings (SSSR count). The molecule has 0 bridgehead atoms. The van der Waals surface area contributed by atoms with Crippen molar-refractivity contribution in [3.05, 3.63) is 120 Å². The van der Waals surface area contributed by atoms with Crippen LogP contribution in [0.1, 0.15) is 34.9 Å². The van der Waals surface area contributed by atoms with Gasteiger partial charge in [0.25, 0.3) is 5.91 Å². The number of hydrogen-bond acceptors (Lipinski definition) is 14. The Morgan fingerprint density at radius 3 is 2.07 bits per heavy atom. The second kappa shape index (κ2) is 17.1. The van der Waals surface area contributed by atoms with Crippen LogP contribution in [0.5, 0.6) is 5.75 Å². The summed E-state index contributed by atoms with van der Waals surface area (Å²) in [5.41, 5.74) is 2.76. The number of aliphatic carboxylic acids is 1. The molecule has 3 saturated heterocycles. The van der Waals surface area contributed by atoms with Crippen LogP contribution in [0.15, 0.2) is 97.1 Å². The number of phenols is 1. The van der Waals surface area contributed by atoms with Crippen LogP contribution in [0, 0.1) is 5.82 Å². The average Bonchev–Trinajstić information content (AvgIpc) is 3.22. The number of benzene rings is 4. The lowest BCUT2D eigenvalue weighted by Crippen LogP contribution is -2.61. The average molecular weight is 808 g/mol. The number of aliphatic hydroxyl groups is 7. The summed E-state index contributed by atoms with van der Waals surface area (Å²) >= 11 is 0. The number of amides is 1. The highest BCUT2D eigenvalue weighted by molar-refractivity contribution is 6.05. The van der Waals surface area contributed by atoms with Gasteiger partial charge in [-0.25, -0.2) is 9.18 Å². The van der Waals surface area contributed by atoms with E-state index in [4.69, 9.17) is 18.9 Å². The summed E-state index contributed by atoms with van der Waals surface area (Å²) in [4.78, 5) is 27.0. The zero-order valence-corrected chi connectivity index (χ0v) is 30.5. The van der Waals surface area contributed by atoms with Crippen molar-refractivity contribution in [1.82, 2.24) is 0 Å². The Morgan fingerprint density at radius 2 is 1.43 bits per heavy atom. The van der Waals surface area contributed by atoms with Crippen molar-refractivity contribution in [3.63, 3.8) is 0 Å². The third-order valence-corrected chi connectivity index (χ3v) is 10.7. The van der Waals surface area contributed by atoms with Crippen molar-refractivity contribution in [3.8, 4) is 16.9 Å². The SMILES string of the molecule is O=C(O)C1O[C@@H](O[C@@H](CO[C@H]2C(=O)N(c3ccccc3)[C@@H]2c2ccc(-c3ccc(C4O[C@H](CO)[C@@H](O)[C@H](O)[C@H]4O)cc3)cc2O)c2ccc(F)cc2)C(O)[C@@H](O)[C@H]1O. The molecule has 3 heterocycles. The van der Waals surface area contributed by atoms with E-state index in [1.807, 2.05) is 0 Å². The van der Waals surface area contributed by atoms with E-state index in [1.54, 1.807) is 66.7 Å². The van der Waals surface area contributed by atoms with Crippen molar-refractivity contribution in [2.45, 2.75) is 79.5 Å². The van der Waals surface area contributed by atoms with E-state index in [2.05, 4.69) is 0 Å². The summed E-state index contributed by atoms with van der Waals surface area (Å²) in [5.74, 6) is -2.89. The van der Waals surface area contributed by atoms with Gasteiger partial charge in [-0.3, -0.25) is 9.69 Å². The van der Waals surface area contributed by atoms with Crippen LogP contribution in [-0.4, -0.2) is 132 Å². The number of aliphatic hydroxyl groups excluding tert-OH is 7. The molecule has 0 radical (unpaired) electrons. The van der Waals surface area contributed by atoms with Gasteiger partial charge in [0.1, 0.15) is 72.5 Å². The Labute approximate surface area is 330 Å². The summed E-state index contributed by atoms with van der Waals surface area (Å²) in [6, 6.07) is 24.2. The van der Waals surface area contributed by atoms with Gasteiger partial charge in [-0.15, -0.1) is 0 Å². The highest BCUT2D eigenvalue weighted by Gasteiger charge is 2.52. The predicted molar refractivity (Wildman–Crippen MR) is 197 cm³/mol. The summed E-state index contributed by atoms with van der Waals surface area (Å²) in [5, 5.41) is 92.7. The van der Waals surface area contributed by atoms with Gasteiger partial charge in [-0.05, 0) is 52.6 Å². The lowest BCUT2D eigenvalue weighted by Gasteiger charge is -2.47. The highest BCUT2D eigenvalue weighted by atomic mass is 19.1. The second-order valence-electron chi connectivity index (χ2n) is 14.3. The quantitative estimate of drug-likeness (QED) is 0.0900. The normalized spacial score (nSPS) is 31.7. The maximum absolute atomic E-state index is 13.9. The van der Waals surface area contributed by atoms with Gasteiger partial charge >= 0.3 is 5.97 Å². The van der Waals surface area contributed by atoms with Gasteiger partial charge in [0.15, 0.2) is 18.5 Å². The molecule has 0 spiro atoms. The summed E-state index contributed by atoms with van der Waals surface area (Å²) < 4.78 is 37.0. The molecule has 308 valence electrons. The number of rotatable bonds is 12. The molecule has 0 saturated carbocycles. The molecule has 3 unspecified atom stereocenters. The smallest absolute Gasteiger partial charge is 0.335 e. The maximum Gasteiger partial charge on any atom is 0.335 e. The second-order valence-corrected chi connectivity index (χ2v) is 14.3. The molecule has 4 aromatic rings. The van der Waals surface area contributed by atoms with Crippen molar-refractivity contribution in [1.29, 1.82) is 0 Å². The largest absolute Gasteiger partial charge is 0.508 e. The number of ether oxygens (including phenoxy) is 4. The predicted octanol–water partition coefficient (Wildman–Crippen LogP) is 0.836. The third-order valence-electron chi connectivity index (χ3n) is 10.7. The number of phenolic OH excluding ortho intramolecular Hbond substituents is 1. The molecular formula is C41H42FNO15. The van der Waals surface area contributed by atoms with E-state index in [0.717, 1.165) is 12.1 Å². The first-order chi connectivity index (χ1) is 27.8. The number of halogens is 1. The molecule has 3 aliphatic rings. The first kappa shape index (κ1) is 41.3. The minimum Gasteiger partial charge on any atom is -0.508 e. The molecule has 13 atom stereocenters. The lowest BCUT2D eigenvalue weighted by atomic mass is 9.87. The highest BCUT2D eigenvalue weighted by Crippen LogP contribution is 2.45. The molecule has 3 fully saturated rings. The Balaban J connectivity index is 1.14. The summed E-state index contributed by atoms with van der Waals surface area (Å²) in [6.07, 6.45) is -18.7. The van der Waals surface area contributed by atoms with Crippen LogP contribution in [0.3, 0.4) is 0 Å². The number of carbonyl (C=O) groups excluding carboxylic acids is 1. The van der Waals surface area contributed by atoms with Crippen molar-refractivity contribution >= 4 is 17.6 Å². The number of β-lactam (4-membered cyclic amide) rings is 1. The van der Waals surface area contributed by atoms with Crippen molar-refractivity contribution < 1.29 is 78.9 Å². The molecule has 16 nitrogen and oxygen atoms in total. The number of hydrogen-bond donors (Lipinski definition) is 9. The zero-order chi connectivity index (χ0) is 41.4. The molecule has 1 amide bonds. The fraction of sp³-hybridized carbons (Fsp3) is 0.366. The standard InChI is InChI=1S/C41H42FNO15/c42-23-13-10-20(11-14-23)28(57-41-35(51)32(48)34(50)38(58-41)40(53)54)18-55-37-29(43(39(37)52)24-4-2-1-3-5-24)25-15-12-22(16-26(25)45)19-6-8-21(9-7-19)36-33(49)31(47)30(46)27(17-44)56-36/h1-16,27-38,41,44-51H,17-18H2,(H,53,54)/t27-,28+,29-,30-,31+,32+,33-,34-,35?,36?,37-,38?,41-/m1/s1. The molecule has 3 aliphatic heterocycles. The molecule has 0 aromatic heterocycles. The monoisotopic (exact) mass is 807 g/mol. The lowest BCUT2D eigenvalue weighted by molar-refractivity contribution is -0.309. The number of para-hydroxylation sites is 1. The fourth-order valence-corrected chi connectivity index (χ4v) is 7.43. The van der Waals surface area contributed by atoms with Gasteiger partial charge < -0.3 is 64.9 Å². The van der Waals surface area contributed by atoms with Crippen LogP contribution in [0.4, 0.5) is 10.1 Å². The Kier molecular flexibility index (Phi) is 12.2. The van der Waals surface area contributed by atoms with Crippen LogP contribution >= 0.6 is 0 Å². The molecule has 9 N–H and O–H groups in total. The minimum atomic E-state index is -1.97. The topological polar surface area (TPSA) is 256 Å². The fourth-order valence-electron chi connectivity index (χ4n) is 7.43. The van der Waals surface area contributed by atoms with E-state index in [0.29, 0.717) is 27.9 Å². The molecular weight excluding hydrogens is 765 g/mol. The van der Waals surface area contributed by atoms with Gasteiger partial charge in [0.05, 0.1) is 13.2 Å². The zero-order valence-electron chi connectivity index (χ0n) is 30.5. The number of carboxylic acid groups (broad SMARTS) is 1. The molecule has 0 aliphatic carbocycles. The Hall–Kier alpha value is -4.89. The number of anilines is 1. The maximum atomic E-state index is 13.9. The van der Waals surface area contributed by atoms with Crippen LogP contribution < -0.4 is 4.90 Å². The number of carbonyl (C=O) groups is 2. The molecule has 4 aromatic carbocycles. The summed E-state index contributed by atoms with van der Waals surface area (Å²) in [7, 11) is 0. The molecule has 58 heavy (non-hydrogen) atoms. The van der Waals surface area contributed by atoms with E-state index < -0.39 is 110 Å². The Bertz CT molecular complexity index is 2050. The first-order valence-corrected chi connectivity index (χ1v) is 18.4. The van der Waals surface area contributed by atoms with Gasteiger partial charge in [0, 0.05) is 11.3 Å². The summed E-state index contributed by atoms with van der Waals surface area (Å²) in [6.45, 7) is -1.01. The Morgan fingerprint density at radius 1 is 0.776 bits per heavy atom. The number of nitrogens with zero attached hydrogens (tertiary/aromatic N) is 1.